The lowest BCUT2D eigenvalue weighted by molar-refractivity contribution is 0.270. The van der Waals surface area contributed by atoms with Crippen LogP contribution in [0.15, 0.2) is 18.3 Å². The van der Waals surface area contributed by atoms with Crippen LogP contribution in [0.25, 0.3) is 0 Å². The fraction of sp³-hybridized carbons (Fsp3) is 0.643. The van der Waals surface area contributed by atoms with Gasteiger partial charge in [0.2, 0.25) is 0 Å². The van der Waals surface area contributed by atoms with Crippen molar-refractivity contribution in [3.8, 4) is 0 Å². The van der Waals surface area contributed by atoms with E-state index in [9.17, 15) is 0 Å². The first-order valence-electron chi connectivity index (χ1n) is 6.75. The third-order valence-corrected chi connectivity index (χ3v) is 3.77. The lowest BCUT2D eigenvalue weighted by atomic mass is 10.2. The van der Waals surface area contributed by atoms with Gasteiger partial charge in [0.1, 0.15) is 5.82 Å². The largest absolute Gasteiger partial charge is 0.392 e. The summed E-state index contributed by atoms with van der Waals surface area (Å²) in [6.45, 7) is 5.68. The average molecular weight is 249 g/mol. The van der Waals surface area contributed by atoms with E-state index in [2.05, 4.69) is 28.8 Å². The topological polar surface area (TPSA) is 39.6 Å². The van der Waals surface area contributed by atoms with E-state index in [0.29, 0.717) is 6.04 Å². The molecule has 1 aromatic heterocycles. The third kappa shape index (κ3) is 3.00. The fourth-order valence-electron chi connectivity index (χ4n) is 2.66. The van der Waals surface area contributed by atoms with E-state index in [1.807, 2.05) is 12.1 Å². The van der Waals surface area contributed by atoms with Crippen molar-refractivity contribution in [1.82, 2.24) is 9.88 Å². The summed E-state index contributed by atoms with van der Waals surface area (Å²) in [7, 11) is 2.09. The maximum absolute atomic E-state index is 9.00. The summed E-state index contributed by atoms with van der Waals surface area (Å²) in [5, 5.41) is 9.00. The fourth-order valence-corrected chi connectivity index (χ4v) is 2.66. The Hall–Kier alpha value is -1.13. The van der Waals surface area contributed by atoms with Gasteiger partial charge in [-0.1, -0.05) is 13.0 Å². The van der Waals surface area contributed by atoms with E-state index >= 15 is 0 Å². The van der Waals surface area contributed by atoms with Crippen LogP contribution in [0.2, 0.25) is 0 Å². The van der Waals surface area contributed by atoms with Crippen molar-refractivity contribution < 1.29 is 5.11 Å². The zero-order valence-corrected chi connectivity index (χ0v) is 11.3. The van der Waals surface area contributed by atoms with Crippen molar-refractivity contribution in [2.45, 2.75) is 32.4 Å². The molecule has 1 atom stereocenters. The van der Waals surface area contributed by atoms with Crippen LogP contribution in [-0.4, -0.2) is 47.7 Å². The number of anilines is 1. The molecule has 2 rings (SSSR count). The van der Waals surface area contributed by atoms with Crippen LogP contribution >= 0.6 is 0 Å². The van der Waals surface area contributed by atoms with Gasteiger partial charge in [-0.05, 0) is 37.6 Å². The number of aromatic nitrogens is 1. The van der Waals surface area contributed by atoms with E-state index in [4.69, 9.17) is 5.11 Å². The molecule has 1 saturated heterocycles. The van der Waals surface area contributed by atoms with Crippen molar-refractivity contribution in [3.63, 3.8) is 0 Å². The van der Waals surface area contributed by atoms with Crippen LogP contribution in [0.4, 0.5) is 5.82 Å². The molecular weight excluding hydrogens is 226 g/mol. The van der Waals surface area contributed by atoms with Crippen LogP contribution < -0.4 is 4.90 Å². The Labute approximate surface area is 109 Å². The van der Waals surface area contributed by atoms with Crippen LogP contribution in [0.1, 0.15) is 25.3 Å². The Morgan fingerprint density at radius 3 is 2.94 bits per heavy atom. The second-order valence-corrected chi connectivity index (χ2v) is 4.99. The van der Waals surface area contributed by atoms with E-state index in [1.54, 1.807) is 6.20 Å². The smallest absolute Gasteiger partial charge is 0.128 e. The quantitative estimate of drug-likeness (QED) is 0.858. The molecule has 0 saturated carbocycles. The number of aliphatic hydroxyl groups is 1. The minimum atomic E-state index is 0.0588. The van der Waals surface area contributed by atoms with Crippen molar-refractivity contribution in [3.05, 3.63) is 23.9 Å². The first-order valence-corrected chi connectivity index (χ1v) is 6.75. The lowest BCUT2D eigenvalue weighted by Crippen LogP contribution is -2.39. The minimum Gasteiger partial charge on any atom is -0.392 e. The number of pyridine rings is 1. The van der Waals surface area contributed by atoms with Gasteiger partial charge in [0, 0.05) is 25.8 Å². The first kappa shape index (κ1) is 13.3. The molecule has 4 heteroatoms. The molecule has 4 nitrogen and oxygen atoms in total. The van der Waals surface area contributed by atoms with Crippen LogP contribution in [0.3, 0.4) is 0 Å². The maximum Gasteiger partial charge on any atom is 0.128 e. The minimum absolute atomic E-state index is 0.0588. The summed E-state index contributed by atoms with van der Waals surface area (Å²) in [6.07, 6.45) is 4.34. The van der Waals surface area contributed by atoms with Crippen LogP contribution in [-0.2, 0) is 6.61 Å². The van der Waals surface area contributed by atoms with Crippen molar-refractivity contribution in [2.75, 3.05) is 31.6 Å². The summed E-state index contributed by atoms with van der Waals surface area (Å²) in [5.41, 5.74) is 0.864. The summed E-state index contributed by atoms with van der Waals surface area (Å²) in [4.78, 5) is 9.14. The summed E-state index contributed by atoms with van der Waals surface area (Å²) in [6, 6.07) is 4.57. The molecule has 1 aromatic rings. The van der Waals surface area contributed by atoms with Gasteiger partial charge in [0.25, 0.3) is 0 Å². The van der Waals surface area contributed by atoms with Gasteiger partial charge < -0.3 is 10.0 Å². The van der Waals surface area contributed by atoms with Gasteiger partial charge in [-0.2, -0.15) is 0 Å². The highest BCUT2D eigenvalue weighted by atomic mass is 16.3. The van der Waals surface area contributed by atoms with Gasteiger partial charge in [-0.25, -0.2) is 4.98 Å². The van der Waals surface area contributed by atoms with Crippen LogP contribution in [0, 0.1) is 0 Å². The summed E-state index contributed by atoms with van der Waals surface area (Å²) in [5.74, 6) is 0.982. The molecule has 0 aromatic carbocycles. The zero-order chi connectivity index (χ0) is 13.0. The molecular formula is C14H23N3O. The van der Waals surface area contributed by atoms with Crippen molar-refractivity contribution in [1.29, 1.82) is 0 Å². The summed E-state index contributed by atoms with van der Waals surface area (Å²) >= 11 is 0. The number of nitrogens with zero attached hydrogens (tertiary/aromatic N) is 3. The Bertz CT molecular complexity index is 366. The van der Waals surface area contributed by atoms with Gasteiger partial charge in [-0.15, -0.1) is 0 Å². The number of aliphatic hydroxyl groups excluding tert-OH is 1. The summed E-state index contributed by atoms with van der Waals surface area (Å²) < 4.78 is 0. The monoisotopic (exact) mass is 249 g/mol. The number of rotatable bonds is 5. The Kier molecular flexibility index (Phi) is 4.55. The van der Waals surface area contributed by atoms with E-state index in [-0.39, 0.29) is 6.61 Å². The van der Waals surface area contributed by atoms with Crippen molar-refractivity contribution in [2.24, 2.45) is 0 Å². The molecule has 1 N–H and O–H groups in total. The molecule has 0 bridgehead atoms. The SMILES string of the molecule is CCN1CCCC1CN(C)c1ccc(CO)cn1. The highest BCUT2D eigenvalue weighted by molar-refractivity contribution is 5.38. The second-order valence-electron chi connectivity index (χ2n) is 4.99. The average Bonchev–Trinajstić information content (AvgIpc) is 2.86. The van der Waals surface area contributed by atoms with E-state index in [1.165, 1.54) is 19.4 Å². The zero-order valence-electron chi connectivity index (χ0n) is 11.3. The maximum atomic E-state index is 9.00. The molecule has 0 radical (unpaired) electrons. The Morgan fingerprint density at radius 1 is 1.50 bits per heavy atom. The second kappa shape index (κ2) is 6.16. The predicted octanol–water partition coefficient (Wildman–Crippen LogP) is 1.49. The highest BCUT2D eigenvalue weighted by Gasteiger charge is 2.24. The van der Waals surface area contributed by atoms with E-state index in [0.717, 1.165) is 24.5 Å². The molecule has 1 unspecified atom stereocenters. The first-order chi connectivity index (χ1) is 8.74. The third-order valence-electron chi connectivity index (χ3n) is 3.77. The molecule has 2 heterocycles. The number of hydrogen-bond acceptors (Lipinski definition) is 4. The molecule has 0 spiro atoms. The lowest BCUT2D eigenvalue weighted by Gasteiger charge is -2.28. The normalized spacial score (nSPS) is 20.3. The van der Waals surface area contributed by atoms with Gasteiger partial charge in [-0.3, -0.25) is 4.90 Å². The predicted molar refractivity (Wildman–Crippen MR) is 73.7 cm³/mol. The molecule has 100 valence electrons. The number of hydrogen-bond donors (Lipinski definition) is 1. The molecule has 1 aliphatic heterocycles. The molecule has 18 heavy (non-hydrogen) atoms. The number of likely N-dealkylation sites (N-methyl/N-ethyl adjacent to an activating group) is 2. The molecule has 1 fully saturated rings. The van der Waals surface area contributed by atoms with Gasteiger partial charge in [0.05, 0.1) is 6.61 Å². The Morgan fingerprint density at radius 2 is 2.33 bits per heavy atom. The van der Waals surface area contributed by atoms with Crippen LogP contribution in [0.5, 0.6) is 0 Å². The molecule has 0 amide bonds. The molecule has 0 aliphatic carbocycles. The van der Waals surface area contributed by atoms with Gasteiger partial charge >= 0.3 is 0 Å². The van der Waals surface area contributed by atoms with Gasteiger partial charge in [0.15, 0.2) is 0 Å². The number of likely N-dealkylation sites (tertiary alicyclic amines) is 1. The van der Waals surface area contributed by atoms with E-state index < -0.39 is 0 Å². The Balaban J connectivity index is 1.95. The van der Waals surface area contributed by atoms with Crippen molar-refractivity contribution >= 4 is 5.82 Å². The highest BCUT2D eigenvalue weighted by Crippen LogP contribution is 2.19. The standard InChI is InChI=1S/C14H23N3O/c1-3-17-8-4-5-13(17)10-16(2)14-7-6-12(11-18)9-15-14/h6-7,9,13,18H,3-5,8,10-11H2,1-2H3. The molecule has 1 aliphatic rings.